The van der Waals surface area contributed by atoms with Crippen molar-refractivity contribution in [2.75, 3.05) is 18.9 Å². The number of hydrogen-bond donors (Lipinski definition) is 1. The average Bonchev–Trinajstić information content (AvgIpc) is 3.18. The summed E-state index contributed by atoms with van der Waals surface area (Å²) in [5.41, 5.74) is 1.59. The van der Waals surface area contributed by atoms with Gasteiger partial charge in [0.25, 0.3) is 5.91 Å². The van der Waals surface area contributed by atoms with Gasteiger partial charge in [-0.2, -0.15) is 0 Å². The van der Waals surface area contributed by atoms with Gasteiger partial charge in [0.2, 0.25) is 0 Å². The summed E-state index contributed by atoms with van der Waals surface area (Å²) in [6.45, 7) is 6.95. The summed E-state index contributed by atoms with van der Waals surface area (Å²) in [4.78, 5) is 18.9. The normalized spacial score (nSPS) is 14.6. The fraction of sp³-hybridized carbons (Fsp3) is 0.600. The number of nitrogens with one attached hydrogen (secondary N) is 1. The quantitative estimate of drug-likeness (QED) is 0.886. The van der Waals surface area contributed by atoms with Crippen LogP contribution in [-0.2, 0) is 0 Å². The van der Waals surface area contributed by atoms with Crippen molar-refractivity contribution in [2.24, 2.45) is 5.92 Å². The summed E-state index contributed by atoms with van der Waals surface area (Å²) in [6.07, 6.45) is 2.52. The first-order valence-electron chi connectivity index (χ1n) is 6.98. The minimum atomic E-state index is 0.115. The summed E-state index contributed by atoms with van der Waals surface area (Å²) in [7, 11) is 1.82. The largest absolute Gasteiger partial charge is 0.373 e. The molecule has 4 nitrogen and oxygen atoms in total. The van der Waals surface area contributed by atoms with Crippen LogP contribution in [0.2, 0.25) is 0 Å². The van der Waals surface area contributed by atoms with Crippen LogP contribution in [0.5, 0.6) is 0 Å². The standard InChI is InChI=1S/C15H23N3O/c1-10(2)18(9-12-5-6-12)15(19)13-7-11(3)17-14(8-13)16-4/h7-8,10,12H,5-6,9H2,1-4H3,(H,16,17). The van der Waals surface area contributed by atoms with Gasteiger partial charge in [0, 0.05) is 30.9 Å². The molecule has 0 aliphatic heterocycles. The smallest absolute Gasteiger partial charge is 0.254 e. The molecule has 1 aliphatic rings. The Hall–Kier alpha value is -1.58. The zero-order valence-corrected chi connectivity index (χ0v) is 12.2. The first kappa shape index (κ1) is 13.8. The van der Waals surface area contributed by atoms with Crippen molar-refractivity contribution in [1.29, 1.82) is 0 Å². The minimum absolute atomic E-state index is 0.115. The number of nitrogens with zero attached hydrogens (tertiary/aromatic N) is 2. The molecule has 1 fully saturated rings. The van der Waals surface area contributed by atoms with Gasteiger partial charge in [-0.1, -0.05) is 0 Å². The van der Waals surface area contributed by atoms with Crippen LogP contribution in [-0.4, -0.2) is 35.4 Å². The maximum absolute atomic E-state index is 12.6. The number of anilines is 1. The van der Waals surface area contributed by atoms with E-state index in [4.69, 9.17) is 0 Å². The van der Waals surface area contributed by atoms with E-state index in [0.717, 1.165) is 23.6 Å². The molecule has 0 spiro atoms. The molecule has 19 heavy (non-hydrogen) atoms. The van der Waals surface area contributed by atoms with Crippen molar-refractivity contribution in [3.05, 3.63) is 23.4 Å². The van der Waals surface area contributed by atoms with Gasteiger partial charge in [-0.25, -0.2) is 4.98 Å². The van der Waals surface area contributed by atoms with Crippen molar-refractivity contribution < 1.29 is 4.79 Å². The Balaban J connectivity index is 2.22. The molecule has 2 rings (SSSR count). The Kier molecular flexibility index (Phi) is 4.08. The summed E-state index contributed by atoms with van der Waals surface area (Å²) >= 11 is 0. The second kappa shape index (κ2) is 5.59. The molecule has 1 N–H and O–H groups in total. The van der Waals surface area contributed by atoms with Crippen LogP contribution >= 0.6 is 0 Å². The Bertz CT molecular complexity index is 466. The van der Waals surface area contributed by atoms with Crippen LogP contribution in [0.4, 0.5) is 5.82 Å². The van der Waals surface area contributed by atoms with Crippen molar-refractivity contribution in [1.82, 2.24) is 9.88 Å². The number of pyridine rings is 1. The van der Waals surface area contributed by atoms with E-state index in [9.17, 15) is 4.79 Å². The fourth-order valence-electron chi connectivity index (χ4n) is 2.19. The van der Waals surface area contributed by atoms with E-state index < -0.39 is 0 Å². The first-order valence-corrected chi connectivity index (χ1v) is 6.98. The number of hydrogen-bond acceptors (Lipinski definition) is 3. The van der Waals surface area contributed by atoms with E-state index in [1.807, 2.05) is 31.0 Å². The third-order valence-electron chi connectivity index (χ3n) is 3.49. The van der Waals surface area contributed by atoms with Crippen molar-refractivity contribution in [3.8, 4) is 0 Å². The Morgan fingerprint density at radius 3 is 2.68 bits per heavy atom. The molecule has 0 unspecified atom stereocenters. The van der Waals surface area contributed by atoms with Gasteiger partial charge in [0.05, 0.1) is 0 Å². The van der Waals surface area contributed by atoms with Gasteiger partial charge in [-0.05, 0) is 51.7 Å². The molecule has 1 aromatic heterocycles. The molecule has 0 bridgehead atoms. The fourth-order valence-corrected chi connectivity index (χ4v) is 2.19. The van der Waals surface area contributed by atoms with Gasteiger partial charge in [0.1, 0.15) is 5.82 Å². The van der Waals surface area contributed by atoms with Crippen LogP contribution in [0.1, 0.15) is 42.7 Å². The average molecular weight is 261 g/mol. The Morgan fingerprint density at radius 2 is 2.16 bits per heavy atom. The van der Waals surface area contributed by atoms with E-state index in [-0.39, 0.29) is 11.9 Å². The monoisotopic (exact) mass is 261 g/mol. The van der Waals surface area contributed by atoms with E-state index in [2.05, 4.69) is 24.1 Å². The van der Waals surface area contributed by atoms with Gasteiger partial charge in [-0.15, -0.1) is 0 Å². The highest BCUT2D eigenvalue weighted by atomic mass is 16.2. The van der Waals surface area contributed by atoms with Gasteiger partial charge in [0.15, 0.2) is 0 Å². The molecule has 0 saturated heterocycles. The van der Waals surface area contributed by atoms with Gasteiger partial charge in [-0.3, -0.25) is 4.79 Å². The number of amides is 1. The third kappa shape index (κ3) is 3.46. The van der Waals surface area contributed by atoms with Gasteiger partial charge >= 0.3 is 0 Å². The zero-order chi connectivity index (χ0) is 14.0. The van der Waals surface area contributed by atoms with Crippen LogP contribution < -0.4 is 5.32 Å². The molecular formula is C15H23N3O. The van der Waals surface area contributed by atoms with Crippen LogP contribution in [0.15, 0.2) is 12.1 Å². The molecular weight excluding hydrogens is 238 g/mol. The van der Waals surface area contributed by atoms with Crippen LogP contribution in [0.25, 0.3) is 0 Å². The maximum atomic E-state index is 12.6. The molecule has 1 heterocycles. The lowest BCUT2D eigenvalue weighted by atomic mass is 10.1. The number of carbonyl (C=O) groups is 1. The molecule has 104 valence electrons. The molecule has 0 aromatic carbocycles. The number of aromatic nitrogens is 1. The molecule has 0 radical (unpaired) electrons. The second-order valence-corrected chi connectivity index (χ2v) is 5.63. The predicted octanol–water partition coefficient (Wildman–Crippen LogP) is 2.69. The third-order valence-corrected chi connectivity index (χ3v) is 3.49. The van der Waals surface area contributed by atoms with Crippen molar-refractivity contribution >= 4 is 11.7 Å². The minimum Gasteiger partial charge on any atom is -0.373 e. The van der Waals surface area contributed by atoms with E-state index in [0.29, 0.717) is 5.92 Å². The lowest BCUT2D eigenvalue weighted by Crippen LogP contribution is -2.38. The second-order valence-electron chi connectivity index (χ2n) is 5.63. The lowest BCUT2D eigenvalue weighted by molar-refractivity contribution is 0.0696. The predicted molar refractivity (Wildman–Crippen MR) is 77.4 cm³/mol. The highest BCUT2D eigenvalue weighted by Crippen LogP contribution is 2.31. The van der Waals surface area contributed by atoms with E-state index >= 15 is 0 Å². The summed E-state index contributed by atoms with van der Waals surface area (Å²) in [5, 5.41) is 3.00. The summed E-state index contributed by atoms with van der Waals surface area (Å²) in [5.74, 6) is 1.57. The maximum Gasteiger partial charge on any atom is 0.254 e. The van der Waals surface area contributed by atoms with Crippen molar-refractivity contribution in [2.45, 2.75) is 39.7 Å². The Morgan fingerprint density at radius 1 is 1.47 bits per heavy atom. The highest BCUT2D eigenvalue weighted by Gasteiger charge is 2.28. The van der Waals surface area contributed by atoms with E-state index in [1.165, 1.54) is 12.8 Å². The number of rotatable bonds is 5. The van der Waals surface area contributed by atoms with Crippen molar-refractivity contribution in [3.63, 3.8) is 0 Å². The number of aryl methyl sites for hydroxylation is 1. The van der Waals surface area contributed by atoms with Gasteiger partial charge < -0.3 is 10.2 Å². The molecule has 0 atom stereocenters. The summed E-state index contributed by atoms with van der Waals surface area (Å²) in [6, 6.07) is 3.93. The van der Waals surface area contributed by atoms with Crippen LogP contribution in [0.3, 0.4) is 0 Å². The molecule has 1 amide bonds. The molecule has 1 aromatic rings. The molecule has 1 saturated carbocycles. The Labute approximate surface area is 115 Å². The first-order chi connectivity index (χ1) is 9.01. The van der Waals surface area contributed by atoms with E-state index in [1.54, 1.807) is 0 Å². The summed E-state index contributed by atoms with van der Waals surface area (Å²) < 4.78 is 0. The molecule has 1 aliphatic carbocycles. The molecule has 4 heteroatoms. The topological polar surface area (TPSA) is 45.2 Å². The SMILES string of the molecule is CNc1cc(C(=O)N(CC2CC2)C(C)C)cc(C)n1. The highest BCUT2D eigenvalue weighted by molar-refractivity contribution is 5.95. The number of carbonyl (C=O) groups excluding carboxylic acids is 1. The lowest BCUT2D eigenvalue weighted by Gasteiger charge is -2.27. The zero-order valence-electron chi connectivity index (χ0n) is 12.2. The van der Waals surface area contributed by atoms with Crippen LogP contribution in [0, 0.1) is 12.8 Å².